The van der Waals surface area contributed by atoms with Crippen LogP contribution in [0.15, 0.2) is 42.5 Å². The topological polar surface area (TPSA) is 29.1 Å². The number of halogens is 5. The first-order valence-corrected chi connectivity index (χ1v) is 7.60. The van der Waals surface area contributed by atoms with Crippen LogP contribution in [-0.2, 0) is 3.79 Å². The van der Waals surface area contributed by atoms with Gasteiger partial charge in [0.1, 0.15) is 0 Å². The number of carbonyl (C=O) groups excluding carboxylic acids is 1. The highest BCUT2D eigenvalue weighted by Gasteiger charge is 2.23. The van der Waals surface area contributed by atoms with Crippen molar-refractivity contribution in [3.8, 4) is 0 Å². The molecule has 0 saturated carbocycles. The standard InChI is InChI=1S/C14H8Cl5NO/c15-10-5-2-6-11(16)12(10)20-13(21)8-3-1-4-9(7-8)14(17,18)19/h1-7H,(H,20,21). The zero-order valence-corrected chi connectivity index (χ0v) is 14.1. The van der Waals surface area contributed by atoms with Crippen molar-refractivity contribution in [2.75, 3.05) is 5.32 Å². The lowest BCUT2D eigenvalue weighted by Gasteiger charge is -2.13. The quantitative estimate of drug-likeness (QED) is 0.626. The number of alkyl halides is 3. The highest BCUT2D eigenvalue weighted by molar-refractivity contribution is 6.66. The van der Waals surface area contributed by atoms with Crippen LogP contribution < -0.4 is 5.32 Å². The largest absolute Gasteiger partial charge is 0.319 e. The number of hydrogen-bond acceptors (Lipinski definition) is 1. The van der Waals surface area contributed by atoms with E-state index in [2.05, 4.69) is 5.32 Å². The van der Waals surface area contributed by atoms with E-state index in [-0.39, 0.29) is 0 Å². The van der Waals surface area contributed by atoms with Crippen molar-refractivity contribution < 1.29 is 4.79 Å². The van der Waals surface area contributed by atoms with Gasteiger partial charge in [-0.05, 0) is 24.3 Å². The average Bonchev–Trinajstić information content (AvgIpc) is 2.42. The third kappa shape index (κ3) is 4.18. The van der Waals surface area contributed by atoms with Crippen molar-refractivity contribution in [3.05, 3.63) is 63.6 Å². The Labute approximate surface area is 146 Å². The summed E-state index contributed by atoms with van der Waals surface area (Å²) >= 11 is 29.4. The van der Waals surface area contributed by atoms with Crippen LogP contribution in [0.4, 0.5) is 5.69 Å². The Bertz CT molecular complexity index is 661. The van der Waals surface area contributed by atoms with E-state index in [0.29, 0.717) is 26.9 Å². The van der Waals surface area contributed by atoms with E-state index in [0.717, 1.165) is 0 Å². The van der Waals surface area contributed by atoms with Gasteiger partial charge in [-0.25, -0.2) is 0 Å². The lowest BCUT2D eigenvalue weighted by molar-refractivity contribution is 0.102. The highest BCUT2D eigenvalue weighted by Crippen LogP contribution is 2.38. The SMILES string of the molecule is O=C(Nc1c(Cl)cccc1Cl)c1cccc(C(Cl)(Cl)Cl)c1. The van der Waals surface area contributed by atoms with Crippen LogP contribution in [0, 0.1) is 0 Å². The van der Waals surface area contributed by atoms with Gasteiger partial charge < -0.3 is 5.32 Å². The second kappa shape index (κ2) is 6.64. The molecular formula is C14H8Cl5NO. The van der Waals surface area contributed by atoms with Gasteiger partial charge in [-0.1, -0.05) is 76.2 Å². The number of anilines is 1. The van der Waals surface area contributed by atoms with Gasteiger partial charge in [0.15, 0.2) is 0 Å². The fourth-order valence-corrected chi connectivity index (χ4v) is 2.48. The van der Waals surface area contributed by atoms with Gasteiger partial charge >= 0.3 is 0 Å². The fraction of sp³-hybridized carbons (Fsp3) is 0.0714. The van der Waals surface area contributed by atoms with Gasteiger partial charge in [0, 0.05) is 11.1 Å². The average molecular weight is 383 g/mol. The Hall–Kier alpha value is -0.640. The van der Waals surface area contributed by atoms with Crippen molar-refractivity contribution in [1.82, 2.24) is 0 Å². The van der Waals surface area contributed by atoms with Crippen LogP contribution in [0.5, 0.6) is 0 Å². The molecule has 0 aromatic heterocycles. The monoisotopic (exact) mass is 381 g/mol. The van der Waals surface area contributed by atoms with E-state index < -0.39 is 9.70 Å². The maximum absolute atomic E-state index is 12.2. The number of rotatable bonds is 2. The number of carbonyl (C=O) groups is 1. The Morgan fingerprint density at radius 1 is 0.952 bits per heavy atom. The number of hydrogen-bond donors (Lipinski definition) is 1. The summed E-state index contributed by atoms with van der Waals surface area (Å²) in [6.07, 6.45) is 0. The molecule has 21 heavy (non-hydrogen) atoms. The molecule has 2 aromatic carbocycles. The molecule has 2 rings (SSSR count). The summed E-state index contributed by atoms with van der Waals surface area (Å²) in [6.45, 7) is 0. The van der Waals surface area contributed by atoms with Crippen LogP contribution >= 0.6 is 58.0 Å². The van der Waals surface area contributed by atoms with E-state index in [1.165, 1.54) is 6.07 Å². The molecule has 0 radical (unpaired) electrons. The lowest BCUT2D eigenvalue weighted by Crippen LogP contribution is -2.13. The molecule has 110 valence electrons. The first-order valence-electron chi connectivity index (χ1n) is 5.71. The molecule has 0 fully saturated rings. The van der Waals surface area contributed by atoms with Crippen molar-refractivity contribution in [1.29, 1.82) is 0 Å². The Kier molecular flexibility index (Phi) is 5.29. The number of para-hydroxylation sites is 1. The van der Waals surface area contributed by atoms with E-state index in [1.807, 2.05) is 0 Å². The predicted molar refractivity (Wildman–Crippen MR) is 90.1 cm³/mol. The van der Waals surface area contributed by atoms with Crippen LogP contribution in [0.1, 0.15) is 15.9 Å². The molecule has 0 spiro atoms. The molecule has 1 N–H and O–H groups in total. The fourth-order valence-electron chi connectivity index (χ4n) is 1.64. The van der Waals surface area contributed by atoms with Gasteiger partial charge in [0.25, 0.3) is 5.91 Å². The van der Waals surface area contributed by atoms with Gasteiger partial charge in [-0.3, -0.25) is 4.79 Å². The second-order valence-electron chi connectivity index (χ2n) is 4.13. The molecule has 7 heteroatoms. The van der Waals surface area contributed by atoms with E-state index >= 15 is 0 Å². The summed E-state index contributed by atoms with van der Waals surface area (Å²) in [4.78, 5) is 12.2. The second-order valence-corrected chi connectivity index (χ2v) is 7.22. The molecule has 0 bridgehead atoms. The molecule has 2 nitrogen and oxygen atoms in total. The normalized spacial score (nSPS) is 11.3. The summed E-state index contributed by atoms with van der Waals surface area (Å²) in [5.74, 6) is -0.402. The van der Waals surface area contributed by atoms with Crippen LogP contribution in [0.3, 0.4) is 0 Å². The Balaban J connectivity index is 2.29. The Morgan fingerprint density at radius 3 is 2.10 bits per heavy atom. The third-order valence-corrected chi connectivity index (χ3v) is 3.94. The van der Waals surface area contributed by atoms with Crippen LogP contribution in [0.2, 0.25) is 10.0 Å². The lowest BCUT2D eigenvalue weighted by atomic mass is 10.1. The van der Waals surface area contributed by atoms with E-state index in [1.54, 1.807) is 36.4 Å². The summed E-state index contributed by atoms with van der Waals surface area (Å²) in [5, 5.41) is 3.32. The highest BCUT2D eigenvalue weighted by atomic mass is 35.6. The van der Waals surface area contributed by atoms with E-state index in [4.69, 9.17) is 58.0 Å². The summed E-state index contributed by atoms with van der Waals surface area (Å²) in [7, 11) is 0. The molecule has 0 aliphatic heterocycles. The van der Waals surface area contributed by atoms with Crippen molar-refractivity contribution in [3.63, 3.8) is 0 Å². The van der Waals surface area contributed by atoms with Crippen molar-refractivity contribution in [2.45, 2.75) is 3.79 Å². The molecular weight excluding hydrogens is 375 g/mol. The van der Waals surface area contributed by atoms with Crippen molar-refractivity contribution >= 4 is 69.6 Å². The van der Waals surface area contributed by atoms with Gasteiger partial charge in [0.05, 0.1) is 15.7 Å². The summed E-state index contributed by atoms with van der Waals surface area (Å²) in [5.41, 5.74) is 1.06. The summed E-state index contributed by atoms with van der Waals surface area (Å²) < 4.78 is -1.60. The zero-order valence-electron chi connectivity index (χ0n) is 10.3. The maximum atomic E-state index is 12.2. The molecule has 0 saturated heterocycles. The number of amides is 1. The summed E-state index contributed by atoms with van der Waals surface area (Å²) in [6, 6.07) is 11.3. The minimum Gasteiger partial charge on any atom is -0.319 e. The number of benzene rings is 2. The first kappa shape index (κ1) is 16.7. The minimum absolute atomic E-state index is 0.329. The van der Waals surface area contributed by atoms with Gasteiger partial charge in [-0.15, -0.1) is 0 Å². The molecule has 1 amide bonds. The first-order chi connectivity index (χ1) is 9.79. The van der Waals surface area contributed by atoms with Crippen LogP contribution in [0.25, 0.3) is 0 Å². The predicted octanol–water partition coefficient (Wildman–Crippen LogP) is 6.07. The Morgan fingerprint density at radius 2 is 1.52 bits per heavy atom. The smallest absolute Gasteiger partial charge is 0.255 e. The van der Waals surface area contributed by atoms with Crippen LogP contribution in [-0.4, -0.2) is 5.91 Å². The maximum Gasteiger partial charge on any atom is 0.255 e. The molecule has 0 heterocycles. The molecule has 0 aliphatic rings. The minimum atomic E-state index is -1.60. The van der Waals surface area contributed by atoms with E-state index in [9.17, 15) is 4.79 Å². The molecule has 2 aromatic rings. The number of nitrogens with one attached hydrogen (secondary N) is 1. The molecule has 0 atom stereocenters. The molecule has 0 aliphatic carbocycles. The zero-order chi connectivity index (χ0) is 15.6. The van der Waals surface area contributed by atoms with Gasteiger partial charge in [0.2, 0.25) is 3.79 Å². The molecule has 0 unspecified atom stereocenters. The third-order valence-electron chi connectivity index (χ3n) is 2.65. The van der Waals surface area contributed by atoms with Crippen molar-refractivity contribution in [2.24, 2.45) is 0 Å². The van der Waals surface area contributed by atoms with Gasteiger partial charge in [-0.2, -0.15) is 0 Å².